The number of nitrogens with one attached hydrogen (secondary N) is 2. The molecule has 2 heterocycles. The number of imidazole rings is 1. The Kier molecular flexibility index (Phi) is 2.56. The second kappa shape index (κ2) is 3.71. The molecule has 2 atom stereocenters. The zero-order valence-corrected chi connectivity index (χ0v) is 8.71. The van der Waals surface area contributed by atoms with Crippen molar-refractivity contribution in [3.63, 3.8) is 0 Å². The van der Waals surface area contributed by atoms with Crippen LogP contribution < -0.4 is 5.32 Å². The molecule has 1 aliphatic heterocycles. The fourth-order valence-electron chi connectivity index (χ4n) is 1.75. The Morgan fingerprint density at radius 3 is 3.21 bits per heavy atom. The van der Waals surface area contributed by atoms with Crippen LogP contribution in [0.4, 0.5) is 0 Å². The Morgan fingerprint density at radius 1 is 1.79 bits per heavy atom. The molecule has 2 rings (SSSR count). The standard InChI is InChI=1S/C10H17N3O/c1-8-10(2,3-4-14-8)13-6-9-5-11-7-12-9/h5,7-8,13H,3-4,6H2,1-2H3,(H,11,12). The minimum Gasteiger partial charge on any atom is -0.377 e. The highest BCUT2D eigenvalue weighted by atomic mass is 16.5. The fourth-order valence-corrected chi connectivity index (χ4v) is 1.75. The van der Waals surface area contributed by atoms with E-state index in [2.05, 4.69) is 29.1 Å². The predicted octanol–water partition coefficient (Wildman–Crippen LogP) is 1.07. The molecule has 1 aliphatic rings. The monoisotopic (exact) mass is 195 g/mol. The van der Waals surface area contributed by atoms with E-state index in [1.54, 1.807) is 6.33 Å². The van der Waals surface area contributed by atoms with Gasteiger partial charge in [-0.2, -0.15) is 0 Å². The van der Waals surface area contributed by atoms with Crippen molar-refractivity contribution in [3.05, 3.63) is 18.2 Å². The Labute approximate surface area is 84.1 Å². The zero-order chi connectivity index (χ0) is 10.0. The lowest BCUT2D eigenvalue weighted by molar-refractivity contribution is 0.0880. The molecule has 0 bridgehead atoms. The highest BCUT2D eigenvalue weighted by Gasteiger charge is 2.36. The smallest absolute Gasteiger partial charge is 0.0922 e. The summed E-state index contributed by atoms with van der Waals surface area (Å²) < 4.78 is 5.55. The van der Waals surface area contributed by atoms with Gasteiger partial charge in [0.05, 0.1) is 12.4 Å². The van der Waals surface area contributed by atoms with E-state index in [1.807, 2.05) is 6.20 Å². The Bertz CT molecular complexity index is 286. The summed E-state index contributed by atoms with van der Waals surface area (Å²) >= 11 is 0. The van der Waals surface area contributed by atoms with Crippen LogP contribution in [0, 0.1) is 0 Å². The lowest BCUT2D eigenvalue weighted by Crippen LogP contribution is -2.47. The summed E-state index contributed by atoms with van der Waals surface area (Å²) in [6.45, 7) is 6.01. The molecule has 14 heavy (non-hydrogen) atoms. The van der Waals surface area contributed by atoms with Crippen LogP contribution in [0.15, 0.2) is 12.5 Å². The summed E-state index contributed by atoms with van der Waals surface area (Å²) in [4.78, 5) is 7.06. The van der Waals surface area contributed by atoms with Gasteiger partial charge in [0.2, 0.25) is 0 Å². The summed E-state index contributed by atoms with van der Waals surface area (Å²) in [5.41, 5.74) is 1.22. The summed E-state index contributed by atoms with van der Waals surface area (Å²) in [6, 6.07) is 0. The van der Waals surface area contributed by atoms with Crippen molar-refractivity contribution < 1.29 is 4.74 Å². The minimum absolute atomic E-state index is 0.102. The van der Waals surface area contributed by atoms with Crippen molar-refractivity contribution in [2.75, 3.05) is 6.61 Å². The molecular formula is C10H17N3O. The highest BCUT2D eigenvalue weighted by molar-refractivity contribution is 4.99. The number of nitrogens with zero attached hydrogens (tertiary/aromatic N) is 1. The Balaban J connectivity index is 1.91. The van der Waals surface area contributed by atoms with Crippen LogP contribution in [0.25, 0.3) is 0 Å². The van der Waals surface area contributed by atoms with E-state index in [9.17, 15) is 0 Å². The molecule has 0 saturated carbocycles. The van der Waals surface area contributed by atoms with Gasteiger partial charge in [0.1, 0.15) is 0 Å². The number of rotatable bonds is 3. The maximum atomic E-state index is 5.55. The Hall–Kier alpha value is -0.870. The van der Waals surface area contributed by atoms with E-state index < -0.39 is 0 Å². The van der Waals surface area contributed by atoms with Gasteiger partial charge in [0.25, 0.3) is 0 Å². The molecule has 2 N–H and O–H groups in total. The van der Waals surface area contributed by atoms with Gasteiger partial charge < -0.3 is 15.0 Å². The summed E-state index contributed by atoms with van der Waals surface area (Å²) in [6.07, 6.45) is 4.90. The molecule has 2 unspecified atom stereocenters. The number of aromatic amines is 1. The number of hydrogen-bond donors (Lipinski definition) is 2. The van der Waals surface area contributed by atoms with E-state index in [-0.39, 0.29) is 11.6 Å². The van der Waals surface area contributed by atoms with E-state index in [1.165, 1.54) is 0 Å². The molecule has 4 heteroatoms. The van der Waals surface area contributed by atoms with Crippen molar-refractivity contribution in [2.24, 2.45) is 0 Å². The number of hydrogen-bond acceptors (Lipinski definition) is 3. The van der Waals surface area contributed by atoms with E-state index >= 15 is 0 Å². The molecular weight excluding hydrogens is 178 g/mol. The second-order valence-corrected chi connectivity index (χ2v) is 4.11. The van der Waals surface area contributed by atoms with Crippen molar-refractivity contribution in [2.45, 2.75) is 38.5 Å². The lowest BCUT2D eigenvalue weighted by Gasteiger charge is -2.28. The zero-order valence-electron chi connectivity index (χ0n) is 8.71. The van der Waals surface area contributed by atoms with Crippen molar-refractivity contribution in [3.8, 4) is 0 Å². The first kappa shape index (κ1) is 9.68. The van der Waals surface area contributed by atoms with Crippen LogP contribution in [-0.4, -0.2) is 28.2 Å². The Morgan fingerprint density at radius 2 is 2.64 bits per heavy atom. The largest absolute Gasteiger partial charge is 0.377 e. The van der Waals surface area contributed by atoms with Gasteiger partial charge in [-0.1, -0.05) is 0 Å². The third-order valence-corrected chi connectivity index (χ3v) is 3.12. The maximum absolute atomic E-state index is 5.55. The van der Waals surface area contributed by atoms with Crippen LogP contribution >= 0.6 is 0 Å². The molecule has 1 aromatic heterocycles. The second-order valence-electron chi connectivity index (χ2n) is 4.11. The van der Waals surface area contributed by atoms with Gasteiger partial charge in [-0.05, 0) is 20.3 Å². The van der Waals surface area contributed by atoms with Crippen LogP contribution in [0.2, 0.25) is 0 Å². The fraction of sp³-hybridized carbons (Fsp3) is 0.700. The molecule has 1 aromatic rings. The van der Waals surface area contributed by atoms with Gasteiger partial charge in [0.15, 0.2) is 0 Å². The van der Waals surface area contributed by atoms with Gasteiger partial charge in [-0.15, -0.1) is 0 Å². The molecule has 78 valence electrons. The minimum atomic E-state index is 0.102. The predicted molar refractivity (Wildman–Crippen MR) is 53.9 cm³/mol. The van der Waals surface area contributed by atoms with Crippen LogP contribution in [0.3, 0.4) is 0 Å². The van der Waals surface area contributed by atoms with E-state index in [0.29, 0.717) is 0 Å². The molecule has 0 amide bonds. The van der Waals surface area contributed by atoms with Gasteiger partial charge in [-0.25, -0.2) is 4.98 Å². The quantitative estimate of drug-likeness (QED) is 0.758. The van der Waals surface area contributed by atoms with Crippen molar-refractivity contribution >= 4 is 0 Å². The summed E-state index contributed by atoms with van der Waals surface area (Å²) in [5, 5.41) is 3.51. The van der Waals surface area contributed by atoms with Gasteiger partial charge in [0, 0.05) is 30.6 Å². The first-order chi connectivity index (χ1) is 6.71. The molecule has 1 saturated heterocycles. The molecule has 0 spiro atoms. The SMILES string of the molecule is CC1OCCC1(C)NCc1cnc[nH]1. The first-order valence-corrected chi connectivity index (χ1v) is 5.04. The number of aromatic nitrogens is 2. The van der Waals surface area contributed by atoms with Gasteiger partial charge in [-0.3, -0.25) is 0 Å². The van der Waals surface area contributed by atoms with Crippen LogP contribution in [0.1, 0.15) is 26.0 Å². The third kappa shape index (κ3) is 1.81. The van der Waals surface area contributed by atoms with Crippen LogP contribution in [-0.2, 0) is 11.3 Å². The van der Waals surface area contributed by atoms with Crippen molar-refractivity contribution in [1.82, 2.24) is 15.3 Å². The average molecular weight is 195 g/mol. The number of ether oxygens (including phenoxy) is 1. The molecule has 4 nitrogen and oxygen atoms in total. The van der Waals surface area contributed by atoms with Crippen molar-refractivity contribution in [1.29, 1.82) is 0 Å². The van der Waals surface area contributed by atoms with Gasteiger partial charge >= 0.3 is 0 Å². The lowest BCUT2D eigenvalue weighted by atomic mass is 9.95. The normalized spacial score (nSPS) is 32.3. The molecule has 1 fully saturated rings. The molecule has 0 aliphatic carbocycles. The molecule has 0 aromatic carbocycles. The average Bonchev–Trinajstić information content (AvgIpc) is 2.75. The topological polar surface area (TPSA) is 49.9 Å². The maximum Gasteiger partial charge on any atom is 0.0922 e. The highest BCUT2D eigenvalue weighted by Crippen LogP contribution is 2.25. The molecule has 0 radical (unpaired) electrons. The number of H-pyrrole nitrogens is 1. The third-order valence-electron chi connectivity index (χ3n) is 3.12. The van der Waals surface area contributed by atoms with E-state index in [0.717, 1.165) is 25.3 Å². The summed E-state index contributed by atoms with van der Waals surface area (Å²) in [5.74, 6) is 0. The van der Waals surface area contributed by atoms with E-state index in [4.69, 9.17) is 4.74 Å². The first-order valence-electron chi connectivity index (χ1n) is 5.04. The summed E-state index contributed by atoms with van der Waals surface area (Å²) in [7, 11) is 0. The van der Waals surface area contributed by atoms with Crippen LogP contribution in [0.5, 0.6) is 0 Å².